The first-order valence-corrected chi connectivity index (χ1v) is 5.79. The maximum absolute atomic E-state index is 5.94. The Bertz CT molecular complexity index is 498. The summed E-state index contributed by atoms with van der Waals surface area (Å²) < 4.78 is 0. The molecule has 0 aliphatic carbocycles. The van der Waals surface area contributed by atoms with Crippen LogP contribution in [-0.4, -0.2) is 23.1 Å². The van der Waals surface area contributed by atoms with Crippen LogP contribution in [0.4, 0.5) is 5.82 Å². The first kappa shape index (κ1) is 14.0. The first-order chi connectivity index (χ1) is 7.76. The van der Waals surface area contributed by atoms with Gasteiger partial charge in [-0.05, 0) is 32.0 Å². The van der Waals surface area contributed by atoms with Gasteiger partial charge in [-0.3, -0.25) is 0 Å². The highest BCUT2D eigenvalue weighted by Crippen LogP contribution is 2.24. The number of anilines is 1. The number of aromatic nitrogens is 2. The van der Waals surface area contributed by atoms with Gasteiger partial charge in [0, 0.05) is 23.5 Å². The Balaban J connectivity index is 0.00000144. The Morgan fingerprint density at radius 2 is 1.88 bits per heavy atom. The van der Waals surface area contributed by atoms with Gasteiger partial charge in [0.2, 0.25) is 0 Å². The van der Waals surface area contributed by atoms with E-state index in [0.717, 1.165) is 29.8 Å². The van der Waals surface area contributed by atoms with Crippen LogP contribution in [0.5, 0.6) is 0 Å². The molecule has 0 atom stereocenters. The van der Waals surface area contributed by atoms with E-state index >= 15 is 0 Å². The fourth-order valence-corrected chi connectivity index (χ4v) is 1.96. The summed E-state index contributed by atoms with van der Waals surface area (Å²) in [4.78, 5) is 10.8. The van der Waals surface area contributed by atoms with Gasteiger partial charge in [0.25, 0.3) is 0 Å². The molecule has 0 saturated carbocycles. The maximum Gasteiger partial charge on any atom is 0.139 e. The second-order valence-corrected chi connectivity index (χ2v) is 3.97. The molecule has 0 N–H and O–H groups in total. The average Bonchev–Trinajstić information content (AvgIpc) is 2.30. The van der Waals surface area contributed by atoms with Crippen LogP contribution in [-0.2, 0) is 0 Å². The second-order valence-electron chi connectivity index (χ2n) is 3.53. The molecular weight excluding hydrogens is 257 g/mol. The standard InChI is InChI=1S/C12H14ClN3.ClH/c1-3-16(4-2)12-10-6-5-9(13)7-11(10)14-8-15-12;/h5-8H,3-4H2,1-2H3;1H. The smallest absolute Gasteiger partial charge is 0.139 e. The van der Waals surface area contributed by atoms with Crippen molar-refractivity contribution in [2.45, 2.75) is 13.8 Å². The zero-order chi connectivity index (χ0) is 11.5. The summed E-state index contributed by atoms with van der Waals surface area (Å²) in [5.41, 5.74) is 0.893. The van der Waals surface area contributed by atoms with Crippen molar-refractivity contribution in [3.8, 4) is 0 Å². The highest BCUT2D eigenvalue weighted by molar-refractivity contribution is 6.31. The number of hydrogen-bond donors (Lipinski definition) is 0. The van der Waals surface area contributed by atoms with Crippen molar-refractivity contribution < 1.29 is 0 Å². The molecule has 17 heavy (non-hydrogen) atoms. The molecule has 1 aromatic carbocycles. The van der Waals surface area contributed by atoms with Gasteiger partial charge in [-0.15, -0.1) is 12.4 Å². The van der Waals surface area contributed by atoms with Crippen molar-refractivity contribution in [2.75, 3.05) is 18.0 Å². The summed E-state index contributed by atoms with van der Waals surface area (Å²) in [5.74, 6) is 0.978. The molecule has 0 spiro atoms. The fraction of sp³-hybridized carbons (Fsp3) is 0.333. The lowest BCUT2D eigenvalue weighted by atomic mass is 10.2. The summed E-state index contributed by atoms with van der Waals surface area (Å²) in [5, 5.41) is 1.76. The fourth-order valence-electron chi connectivity index (χ4n) is 1.79. The third kappa shape index (κ3) is 2.79. The minimum absolute atomic E-state index is 0. The number of hydrogen-bond acceptors (Lipinski definition) is 3. The van der Waals surface area contributed by atoms with Gasteiger partial charge in [0.1, 0.15) is 12.1 Å². The van der Waals surface area contributed by atoms with E-state index in [4.69, 9.17) is 11.6 Å². The van der Waals surface area contributed by atoms with Crippen LogP contribution in [0, 0.1) is 0 Å². The van der Waals surface area contributed by atoms with Crippen LogP contribution in [0.15, 0.2) is 24.5 Å². The first-order valence-electron chi connectivity index (χ1n) is 5.41. The minimum Gasteiger partial charge on any atom is -0.357 e. The Hall–Kier alpha value is -1.06. The molecule has 5 heteroatoms. The molecule has 1 aromatic heterocycles. The zero-order valence-electron chi connectivity index (χ0n) is 9.85. The maximum atomic E-state index is 5.94. The minimum atomic E-state index is 0. The molecule has 0 unspecified atom stereocenters. The van der Waals surface area contributed by atoms with Gasteiger partial charge in [0.05, 0.1) is 5.52 Å². The van der Waals surface area contributed by atoms with Crippen molar-refractivity contribution in [3.63, 3.8) is 0 Å². The summed E-state index contributed by atoms with van der Waals surface area (Å²) >= 11 is 5.94. The van der Waals surface area contributed by atoms with E-state index in [-0.39, 0.29) is 12.4 Å². The normalized spacial score (nSPS) is 10.1. The van der Waals surface area contributed by atoms with E-state index in [0.29, 0.717) is 5.02 Å². The van der Waals surface area contributed by atoms with Crippen LogP contribution in [0.3, 0.4) is 0 Å². The topological polar surface area (TPSA) is 29.0 Å². The quantitative estimate of drug-likeness (QED) is 0.855. The van der Waals surface area contributed by atoms with Crippen molar-refractivity contribution in [3.05, 3.63) is 29.5 Å². The van der Waals surface area contributed by atoms with Gasteiger partial charge in [0.15, 0.2) is 0 Å². The van der Waals surface area contributed by atoms with Crippen molar-refractivity contribution >= 4 is 40.7 Å². The lowest BCUT2D eigenvalue weighted by Crippen LogP contribution is -2.23. The molecule has 3 nitrogen and oxygen atoms in total. The van der Waals surface area contributed by atoms with Gasteiger partial charge in [-0.2, -0.15) is 0 Å². The lowest BCUT2D eigenvalue weighted by Gasteiger charge is -2.20. The van der Waals surface area contributed by atoms with Crippen molar-refractivity contribution in [1.82, 2.24) is 9.97 Å². The summed E-state index contributed by atoms with van der Waals surface area (Å²) in [7, 11) is 0. The van der Waals surface area contributed by atoms with Crippen LogP contribution in [0.25, 0.3) is 10.9 Å². The van der Waals surface area contributed by atoms with E-state index < -0.39 is 0 Å². The molecule has 0 saturated heterocycles. The molecule has 2 aromatic rings. The summed E-state index contributed by atoms with van der Waals surface area (Å²) in [6.45, 7) is 6.11. The molecule has 1 heterocycles. The Morgan fingerprint density at radius 1 is 1.18 bits per heavy atom. The van der Waals surface area contributed by atoms with Crippen LogP contribution < -0.4 is 4.90 Å². The van der Waals surface area contributed by atoms with Gasteiger partial charge in [-0.25, -0.2) is 9.97 Å². The molecule has 0 radical (unpaired) electrons. The lowest BCUT2D eigenvalue weighted by molar-refractivity contribution is 0.849. The van der Waals surface area contributed by atoms with Crippen LogP contribution in [0.2, 0.25) is 5.02 Å². The molecule has 2 rings (SSSR count). The van der Waals surface area contributed by atoms with Crippen molar-refractivity contribution in [2.24, 2.45) is 0 Å². The monoisotopic (exact) mass is 271 g/mol. The van der Waals surface area contributed by atoms with E-state index in [1.54, 1.807) is 6.33 Å². The molecular formula is C12H15Cl2N3. The number of rotatable bonds is 3. The third-order valence-electron chi connectivity index (χ3n) is 2.64. The van der Waals surface area contributed by atoms with E-state index in [1.807, 2.05) is 18.2 Å². The average molecular weight is 272 g/mol. The molecule has 0 amide bonds. The molecule has 92 valence electrons. The van der Waals surface area contributed by atoms with E-state index in [2.05, 4.69) is 28.7 Å². The van der Waals surface area contributed by atoms with E-state index in [9.17, 15) is 0 Å². The summed E-state index contributed by atoms with van der Waals surface area (Å²) in [6.07, 6.45) is 1.59. The van der Waals surface area contributed by atoms with Crippen LogP contribution in [0.1, 0.15) is 13.8 Å². The second kappa shape index (κ2) is 6.03. The predicted octanol–water partition coefficient (Wildman–Crippen LogP) is 3.55. The number of halogens is 2. The molecule has 0 aliphatic heterocycles. The van der Waals surface area contributed by atoms with Crippen molar-refractivity contribution in [1.29, 1.82) is 0 Å². The summed E-state index contributed by atoms with van der Waals surface area (Å²) in [6, 6.07) is 5.72. The molecule has 0 bridgehead atoms. The highest BCUT2D eigenvalue weighted by atomic mass is 35.5. The highest BCUT2D eigenvalue weighted by Gasteiger charge is 2.08. The van der Waals surface area contributed by atoms with Gasteiger partial charge in [-0.1, -0.05) is 11.6 Å². The zero-order valence-corrected chi connectivity index (χ0v) is 11.4. The predicted molar refractivity (Wildman–Crippen MR) is 75.4 cm³/mol. The van der Waals surface area contributed by atoms with Gasteiger partial charge >= 0.3 is 0 Å². The molecule has 0 aliphatic rings. The Labute approximate surface area is 112 Å². The number of nitrogens with zero attached hydrogens (tertiary/aromatic N) is 3. The third-order valence-corrected chi connectivity index (χ3v) is 2.88. The Morgan fingerprint density at radius 3 is 2.53 bits per heavy atom. The largest absolute Gasteiger partial charge is 0.357 e. The molecule has 0 fully saturated rings. The van der Waals surface area contributed by atoms with E-state index in [1.165, 1.54) is 0 Å². The van der Waals surface area contributed by atoms with Gasteiger partial charge < -0.3 is 4.90 Å². The SMILES string of the molecule is CCN(CC)c1ncnc2cc(Cl)ccc12.Cl. The number of fused-ring (bicyclic) bond motifs is 1. The van der Waals surface area contributed by atoms with Crippen LogP contribution >= 0.6 is 24.0 Å². The Kier molecular flexibility index (Phi) is 4.97. The number of benzene rings is 1.